The third-order valence-corrected chi connectivity index (χ3v) is 3.77. The Hall–Kier alpha value is -0.660. The van der Waals surface area contributed by atoms with Crippen molar-refractivity contribution in [1.29, 1.82) is 0 Å². The van der Waals surface area contributed by atoms with Crippen LogP contribution in [0.15, 0.2) is 0 Å². The number of rotatable bonds is 3. The Morgan fingerprint density at radius 3 is 2.86 bits per heavy atom. The van der Waals surface area contributed by atoms with Gasteiger partial charge in [-0.2, -0.15) is 4.31 Å². The second-order valence-corrected chi connectivity index (χ2v) is 5.17. The first kappa shape index (κ1) is 11.4. The van der Waals surface area contributed by atoms with Crippen molar-refractivity contribution in [2.24, 2.45) is 0 Å². The van der Waals surface area contributed by atoms with E-state index in [4.69, 9.17) is 5.11 Å². The molecule has 1 saturated heterocycles. The first-order valence-corrected chi connectivity index (χ1v) is 6.02. The van der Waals surface area contributed by atoms with Crippen molar-refractivity contribution in [2.45, 2.75) is 6.42 Å². The normalized spacial score (nSPS) is 20.2. The van der Waals surface area contributed by atoms with Crippen LogP contribution in [-0.4, -0.2) is 55.7 Å². The lowest BCUT2D eigenvalue weighted by molar-refractivity contribution is -0.120. The molecule has 1 aliphatic heterocycles. The highest BCUT2D eigenvalue weighted by atomic mass is 32.2. The Bertz CT molecular complexity index is 301. The van der Waals surface area contributed by atoms with Gasteiger partial charge in [-0.25, -0.2) is 8.42 Å². The quantitative estimate of drug-likeness (QED) is 0.585. The Morgan fingerprint density at radius 1 is 1.50 bits per heavy atom. The maximum Gasteiger partial charge on any atom is 0.235 e. The summed E-state index contributed by atoms with van der Waals surface area (Å²) < 4.78 is 24.1. The van der Waals surface area contributed by atoms with Crippen molar-refractivity contribution in [3.8, 4) is 0 Å². The fraction of sp³-hybridized carbons (Fsp3) is 0.857. The Kier molecular flexibility index (Phi) is 3.85. The number of amides is 1. The Labute approximate surface area is 82.9 Å². The molecule has 1 heterocycles. The van der Waals surface area contributed by atoms with Gasteiger partial charge in [-0.3, -0.25) is 4.79 Å². The van der Waals surface area contributed by atoms with Crippen LogP contribution in [0.3, 0.4) is 0 Å². The summed E-state index contributed by atoms with van der Waals surface area (Å²) in [7, 11) is -3.47. The summed E-state index contributed by atoms with van der Waals surface area (Å²) >= 11 is 0. The molecule has 1 aliphatic rings. The Balaban J connectivity index is 2.70. The molecule has 0 aliphatic carbocycles. The van der Waals surface area contributed by atoms with Crippen LogP contribution in [-0.2, 0) is 14.8 Å². The van der Waals surface area contributed by atoms with Crippen LogP contribution in [0, 0.1) is 0 Å². The van der Waals surface area contributed by atoms with E-state index < -0.39 is 16.6 Å². The highest BCUT2D eigenvalue weighted by molar-refractivity contribution is 7.89. The molecule has 7 heteroatoms. The highest BCUT2D eigenvalue weighted by Gasteiger charge is 2.25. The van der Waals surface area contributed by atoms with E-state index in [1.54, 1.807) is 0 Å². The molecule has 0 bridgehead atoms. The molecule has 0 aromatic rings. The van der Waals surface area contributed by atoms with Crippen molar-refractivity contribution in [1.82, 2.24) is 9.62 Å². The predicted molar refractivity (Wildman–Crippen MR) is 50.1 cm³/mol. The average molecular weight is 222 g/mol. The zero-order valence-electron chi connectivity index (χ0n) is 7.77. The SMILES string of the molecule is O=C1CN(S(=O)(=O)CCO)CCCN1. The lowest BCUT2D eigenvalue weighted by Gasteiger charge is -2.17. The van der Waals surface area contributed by atoms with Gasteiger partial charge < -0.3 is 10.4 Å². The van der Waals surface area contributed by atoms with Gasteiger partial charge in [-0.15, -0.1) is 0 Å². The van der Waals surface area contributed by atoms with Gasteiger partial charge in [0.25, 0.3) is 0 Å². The Morgan fingerprint density at radius 2 is 2.21 bits per heavy atom. The molecule has 14 heavy (non-hydrogen) atoms. The number of hydrogen-bond donors (Lipinski definition) is 2. The van der Waals surface area contributed by atoms with Crippen molar-refractivity contribution < 1.29 is 18.3 Å². The van der Waals surface area contributed by atoms with E-state index in [0.29, 0.717) is 19.5 Å². The molecule has 0 unspecified atom stereocenters. The number of nitrogens with one attached hydrogen (secondary N) is 1. The maximum absolute atomic E-state index is 11.5. The molecule has 1 fully saturated rings. The monoisotopic (exact) mass is 222 g/mol. The van der Waals surface area contributed by atoms with E-state index in [2.05, 4.69) is 5.32 Å². The third-order valence-electron chi connectivity index (χ3n) is 1.97. The van der Waals surface area contributed by atoms with Crippen LogP contribution in [0.1, 0.15) is 6.42 Å². The fourth-order valence-electron chi connectivity index (χ4n) is 1.26. The smallest absolute Gasteiger partial charge is 0.235 e. The fourth-order valence-corrected chi connectivity index (χ4v) is 2.47. The zero-order chi connectivity index (χ0) is 10.6. The number of carbonyl (C=O) groups is 1. The summed E-state index contributed by atoms with van der Waals surface area (Å²) in [5, 5.41) is 11.1. The standard InChI is InChI=1S/C7H14N2O4S/c10-4-5-14(12,13)9-3-1-2-8-7(11)6-9/h10H,1-6H2,(H,8,11). The van der Waals surface area contributed by atoms with Crippen molar-refractivity contribution >= 4 is 15.9 Å². The first-order valence-electron chi connectivity index (χ1n) is 4.41. The lowest BCUT2D eigenvalue weighted by Crippen LogP contribution is -2.39. The van der Waals surface area contributed by atoms with Gasteiger partial charge in [-0.1, -0.05) is 0 Å². The molecule has 0 spiro atoms. The minimum Gasteiger partial charge on any atom is -0.395 e. The number of hydrogen-bond acceptors (Lipinski definition) is 4. The average Bonchev–Trinajstić information content (AvgIpc) is 2.30. The second kappa shape index (κ2) is 4.72. The van der Waals surface area contributed by atoms with Gasteiger partial charge in [0.15, 0.2) is 0 Å². The molecule has 0 aromatic carbocycles. The zero-order valence-corrected chi connectivity index (χ0v) is 8.59. The molecule has 1 amide bonds. The minimum absolute atomic E-state index is 0.137. The van der Waals surface area contributed by atoms with Crippen LogP contribution in [0.5, 0.6) is 0 Å². The summed E-state index contributed by atoms with van der Waals surface area (Å²) in [6.45, 7) is 0.286. The topological polar surface area (TPSA) is 86.7 Å². The number of aliphatic hydroxyl groups excluding tert-OH is 1. The number of carbonyl (C=O) groups excluding carboxylic acids is 1. The molecule has 1 rings (SSSR count). The summed E-state index contributed by atoms with van der Waals surface area (Å²) in [6, 6.07) is 0. The minimum atomic E-state index is -3.47. The van der Waals surface area contributed by atoms with Crippen LogP contribution in [0.4, 0.5) is 0 Å². The largest absolute Gasteiger partial charge is 0.395 e. The molecular weight excluding hydrogens is 208 g/mol. The van der Waals surface area contributed by atoms with E-state index >= 15 is 0 Å². The summed E-state index contributed by atoms with van der Waals surface area (Å²) in [5.41, 5.74) is 0. The van der Waals surface area contributed by atoms with E-state index in [1.165, 1.54) is 0 Å². The molecule has 6 nitrogen and oxygen atoms in total. The van der Waals surface area contributed by atoms with E-state index in [1.807, 2.05) is 0 Å². The number of sulfonamides is 1. The van der Waals surface area contributed by atoms with Gasteiger partial charge >= 0.3 is 0 Å². The maximum atomic E-state index is 11.5. The molecule has 0 saturated carbocycles. The van der Waals surface area contributed by atoms with E-state index in [0.717, 1.165) is 4.31 Å². The van der Waals surface area contributed by atoms with Gasteiger partial charge in [-0.05, 0) is 6.42 Å². The van der Waals surface area contributed by atoms with Crippen molar-refractivity contribution in [3.05, 3.63) is 0 Å². The van der Waals surface area contributed by atoms with Gasteiger partial charge in [0.1, 0.15) is 0 Å². The molecule has 0 atom stereocenters. The van der Waals surface area contributed by atoms with Crippen molar-refractivity contribution in [2.75, 3.05) is 32.0 Å². The molecule has 0 aromatic heterocycles. The molecule has 0 radical (unpaired) electrons. The van der Waals surface area contributed by atoms with E-state index in [9.17, 15) is 13.2 Å². The first-order chi connectivity index (χ1) is 6.56. The van der Waals surface area contributed by atoms with Crippen LogP contribution < -0.4 is 5.32 Å². The molecule has 82 valence electrons. The third kappa shape index (κ3) is 2.93. The summed E-state index contributed by atoms with van der Waals surface area (Å²) in [6.07, 6.45) is 0.608. The van der Waals surface area contributed by atoms with Gasteiger partial charge in [0.2, 0.25) is 15.9 Å². The van der Waals surface area contributed by atoms with E-state index in [-0.39, 0.29) is 18.2 Å². The predicted octanol–water partition coefficient (Wildman–Crippen LogP) is -1.87. The summed E-state index contributed by atoms with van der Waals surface area (Å²) in [5.74, 6) is -0.607. The lowest BCUT2D eigenvalue weighted by atomic mass is 10.4. The number of nitrogens with zero attached hydrogens (tertiary/aromatic N) is 1. The van der Waals surface area contributed by atoms with Crippen LogP contribution in [0.25, 0.3) is 0 Å². The molecule has 2 N–H and O–H groups in total. The van der Waals surface area contributed by atoms with Crippen molar-refractivity contribution in [3.63, 3.8) is 0 Å². The van der Waals surface area contributed by atoms with Gasteiger partial charge in [0, 0.05) is 13.1 Å². The van der Waals surface area contributed by atoms with Crippen LogP contribution >= 0.6 is 0 Å². The summed E-state index contributed by atoms with van der Waals surface area (Å²) in [4.78, 5) is 11.1. The van der Waals surface area contributed by atoms with Crippen LogP contribution in [0.2, 0.25) is 0 Å². The highest BCUT2D eigenvalue weighted by Crippen LogP contribution is 2.04. The number of aliphatic hydroxyl groups is 1. The second-order valence-electron chi connectivity index (χ2n) is 3.08. The van der Waals surface area contributed by atoms with Gasteiger partial charge in [0.05, 0.1) is 18.9 Å². The molecular formula is C7H14N2O4S.